The van der Waals surface area contributed by atoms with Gasteiger partial charge in [0.2, 0.25) is 0 Å². The van der Waals surface area contributed by atoms with Crippen LogP contribution >= 0.6 is 47.8 Å². The Kier molecular flexibility index (Phi) is 3.46. The van der Waals surface area contributed by atoms with E-state index in [9.17, 15) is 4.79 Å². The van der Waals surface area contributed by atoms with Crippen molar-refractivity contribution < 1.29 is 4.79 Å². The van der Waals surface area contributed by atoms with E-state index in [4.69, 9.17) is 0 Å². The van der Waals surface area contributed by atoms with Crippen molar-refractivity contribution in [2.24, 2.45) is 0 Å². The predicted octanol–water partition coefficient (Wildman–Crippen LogP) is 2.58. The molecule has 0 aliphatic carbocycles. The topological polar surface area (TPSA) is 17.1 Å². The predicted molar refractivity (Wildman–Crippen MR) is 44.7 cm³/mol. The minimum absolute atomic E-state index is 0.155. The summed E-state index contributed by atoms with van der Waals surface area (Å²) in [5.74, 6) is -0.155. The number of rotatable bonds is 1. The van der Waals surface area contributed by atoms with E-state index in [1.165, 1.54) is 6.08 Å². The first-order chi connectivity index (χ1) is 3.48. The first-order valence-corrected chi connectivity index (χ1v) is 4.10. The average molecular weight is 307 g/mol. The number of carbonyl (C=O) groups is 1. The third-order valence-corrected chi connectivity index (χ3v) is 1.64. The standard InChI is InChI=1S/C4H3Br3O/c1-2-3(8)4(5,6)7/h2H,1H2. The normalized spacial score (nSPS) is 10.9. The largest absolute Gasteiger partial charge is 0.291 e. The molecule has 46 valence electrons. The third-order valence-electron chi connectivity index (χ3n) is 0.465. The number of hydrogen-bond acceptors (Lipinski definition) is 1. The minimum Gasteiger partial charge on any atom is -0.291 e. The zero-order chi connectivity index (χ0) is 6.78. The lowest BCUT2D eigenvalue weighted by atomic mass is 10.5. The van der Waals surface area contributed by atoms with Gasteiger partial charge in [0.25, 0.3) is 0 Å². The maximum Gasteiger partial charge on any atom is 0.196 e. The molecule has 0 bridgehead atoms. The third kappa shape index (κ3) is 2.99. The summed E-state index contributed by atoms with van der Waals surface area (Å²) in [5.41, 5.74) is 0. The molecule has 1 nitrogen and oxygen atoms in total. The Hall–Kier alpha value is 0.850. The van der Waals surface area contributed by atoms with Crippen molar-refractivity contribution in [1.82, 2.24) is 0 Å². The molecule has 0 aromatic carbocycles. The lowest BCUT2D eigenvalue weighted by Gasteiger charge is -2.04. The van der Waals surface area contributed by atoms with Crippen LogP contribution in [0.2, 0.25) is 0 Å². The molecule has 0 spiro atoms. The highest BCUT2D eigenvalue weighted by atomic mass is 80.0. The molecule has 0 fully saturated rings. The Morgan fingerprint density at radius 2 is 1.88 bits per heavy atom. The van der Waals surface area contributed by atoms with Crippen LogP contribution in [0.25, 0.3) is 0 Å². The SMILES string of the molecule is C=CC(=O)C(Br)(Br)Br. The molecule has 0 unspecified atom stereocenters. The second-order valence-electron chi connectivity index (χ2n) is 1.07. The van der Waals surface area contributed by atoms with Gasteiger partial charge in [-0.3, -0.25) is 4.79 Å². The highest BCUT2D eigenvalue weighted by Crippen LogP contribution is 2.34. The summed E-state index contributed by atoms with van der Waals surface area (Å²) in [6.45, 7) is 3.29. The molecule has 0 aliphatic heterocycles. The van der Waals surface area contributed by atoms with Crippen molar-refractivity contribution in [3.05, 3.63) is 12.7 Å². The van der Waals surface area contributed by atoms with Crippen LogP contribution in [0.5, 0.6) is 0 Å². The first kappa shape index (κ1) is 8.85. The Labute approximate surface area is 72.9 Å². The van der Waals surface area contributed by atoms with E-state index in [1.807, 2.05) is 0 Å². The zero-order valence-electron chi connectivity index (χ0n) is 3.83. The minimum atomic E-state index is -0.811. The number of hydrogen-bond donors (Lipinski definition) is 0. The van der Waals surface area contributed by atoms with Crippen molar-refractivity contribution in [1.29, 1.82) is 0 Å². The van der Waals surface area contributed by atoms with E-state index >= 15 is 0 Å². The van der Waals surface area contributed by atoms with Crippen molar-refractivity contribution in [2.45, 2.75) is 2.14 Å². The molecule has 0 saturated carbocycles. The van der Waals surface area contributed by atoms with Gasteiger partial charge in [-0.15, -0.1) is 0 Å². The smallest absolute Gasteiger partial charge is 0.196 e. The molecule has 4 heteroatoms. The molecule has 0 rings (SSSR count). The van der Waals surface area contributed by atoms with Gasteiger partial charge in [-0.25, -0.2) is 0 Å². The van der Waals surface area contributed by atoms with Gasteiger partial charge in [0.1, 0.15) is 0 Å². The second-order valence-corrected chi connectivity index (χ2v) is 7.83. The molecule has 0 aromatic heterocycles. The van der Waals surface area contributed by atoms with Crippen LogP contribution in [-0.4, -0.2) is 7.93 Å². The van der Waals surface area contributed by atoms with Crippen molar-refractivity contribution >= 4 is 53.6 Å². The number of halogens is 3. The fourth-order valence-electron chi connectivity index (χ4n) is 0.116. The van der Waals surface area contributed by atoms with Gasteiger partial charge in [0, 0.05) is 0 Å². The fraction of sp³-hybridized carbons (Fsp3) is 0.250. The monoisotopic (exact) mass is 304 g/mol. The van der Waals surface area contributed by atoms with Gasteiger partial charge in [0.05, 0.1) is 0 Å². The lowest BCUT2D eigenvalue weighted by Crippen LogP contribution is -2.12. The lowest BCUT2D eigenvalue weighted by molar-refractivity contribution is -0.113. The van der Waals surface area contributed by atoms with Crippen molar-refractivity contribution in [3.63, 3.8) is 0 Å². The maximum absolute atomic E-state index is 10.6. The quantitative estimate of drug-likeness (QED) is 0.537. The molecule has 0 N–H and O–H groups in total. The molecule has 0 saturated heterocycles. The molecule has 0 radical (unpaired) electrons. The molecular weight excluding hydrogens is 304 g/mol. The van der Waals surface area contributed by atoms with E-state index < -0.39 is 2.14 Å². The summed E-state index contributed by atoms with van der Waals surface area (Å²) in [5, 5.41) is 0. The van der Waals surface area contributed by atoms with Crippen molar-refractivity contribution in [2.75, 3.05) is 0 Å². The number of ketones is 1. The Balaban J connectivity index is 4.02. The van der Waals surface area contributed by atoms with E-state index in [0.717, 1.165) is 0 Å². The van der Waals surface area contributed by atoms with Crippen LogP contribution in [0.4, 0.5) is 0 Å². The molecular formula is C4H3Br3O. The summed E-state index contributed by atoms with van der Waals surface area (Å²) in [4.78, 5) is 10.6. The van der Waals surface area contributed by atoms with E-state index in [-0.39, 0.29) is 5.78 Å². The molecule has 0 heterocycles. The summed E-state index contributed by atoms with van der Waals surface area (Å²) in [6, 6.07) is 0. The second kappa shape index (κ2) is 3.13. The first-order valence-electron chi connectivity index (χ1n) is 1.72. The summed E-state index contributed by atoms with van der Waals surface area (Å²) >= 11 is 9.05. The van der Waals surface area contributed by atoms with Crippen LogP contribution < -0.4 is 0 Å². The van der Waals surface area contributed by atoms with E-state index in [1.54, 1.807) is 0 Å². The Morgan fingerprint density at radius 3 is 1.88 bits per heavy atom. The molecule has 0 aliphatic rings. The number of allylic oxidation sites excluding steroid dienone is 1. The highest BCUT2D eigenvalue weighted by molar-refractivity contribution is 9.40. The van der Waals surface area contributed by atoms with E-state index in [2.05, 4.69) is 54.4 Å². The van der Waals surface area contributed by atoms with Crippen LogP contribution in [0, 0.1) is 0 Å². The van der Waals surface area contributed by atoms with Gasteiger partial charge < -0.3 is 0 Å². The van der Waals surface area contributed by atoms with E-state index in [0.29, 0.717) is 0 Å². The zero-order valence-corrected chi connectivity index (χ0v) is 8.58. The molecule has 0 aromatic rings. The summed E-state index contributed by atoms with van der Waals surface area (Å²) in [7, 11) is 0. The van der Waals surface area contributed by atoms with Crippen LogP contribution in [0.15, 0.2) is 12.7 Å². The molecule has 8 heavy (non-hydrogen) atoms. The molecule has 0 amide bonds. The highest BCUT2D eigenvalue weighted by Gasteiger charge is 2.24. The van der Waals surface area contributed by atoms with Crippen LogP contribution in [-0.2, 0) is 4.79 Å². The van der Waals surface area contributed by atoms with Crippen LogP contribution in [0.3, 0.4) is 0 Å². The Bertz CT molecular complexity index is 113. The number of carbonyl (C=O) groups excluding carboxylic acids is 1. The Morgan fingerprint density at radius 1 is 1.50 bits per heavy atom. The van der Waals surface area contributed by atoms with Crippen LogP contribution in [0.1, 0.15) is 0 Å². The van der Waals surface area contributed by atoms with Gasteiger partial charge in [-0.2, -0.15) is 0 Å². The summed E-state index contributed by atoms with van der Waals surface area (Å²) < 4.78 is -0.811. The van der Waals surface area contributed by atoms with Gasteiger partial charge in [0.15, 0.2) is 7.93 Å². The van der Waals surface area contributed by atoms with Gasteiger partial charge in [-0.1, -0.05) is 54.4 Å². The van der Waals surface area contributed by atoms with Gasteiger partial charge in [-0.05, 0) is 6.08 Å². The number of alkyl halides is 3. The summed E-state index contributed by atoms with van der Waals surface area (Å²) in [6.07, 6.45) is 1.22. The van der Waals surface area contributed by atoms with Gasteiger partial charge >= 0.3 is 0 Å². The molecule has 0 atom stereocenters. The fourth-order valence-corrected chi connectivity index (χ4v) is 0.601. The maximum atomic E-state index is 10.6. The van der Waals surface area contributed by atoms with Crippen molar-refractivity contribution in [3.8, 4) is 0 Å². The average Bonchev–Trinajstić information content (AvgIpc) is 1.62.